The zero-order chi connectivity index (χ0) is 12.3. The molecule has 0 aromatic heterocycles. The number of hydrogen-bond donors (Lipinski definition) is 4. The summed E-state index contributed by atoms with van der Waals surface area (Å²) >= 11 is 0. The second-order valence-electron chi connectivity index (χ2n) is 3.79. The molecule has 0 aliphatic carbocycles. The lowest BCUT2D eigenvalue weighted by molar-refractivity contribution is 0.0935. The fourth-order valence-electron chi connectivity index (χ4n) is 1.42. The summed E-state index contributed by atoms with van der Waals surface area (Å²) in [6, 6.07) is 2.67. The smallest absolute Gasteiger partial charge is 0.269 e. The molecule has 88 valence electrons. The van der Waals surface area contributed by atoms with Gasteiger partial charge in [-0.25, -0.2) is 5.43 Å². The van der Waals surface area contributed by atoms with Gasteiger partial charge in [-0.05, 0) is 17.5 Å². The van der Waals surface area contributed by atoms with E-state index in [1.165, 1.54) is 12.1 Å². The molecule has 0 aliphatic heterocycles. The predicted octanol–water partition coefficient (Wildman–Crippen LogP) is 1.09. The maximum Gasteiger partial charge on any atom is 0.269 e. The lowest BCUT2D eigenvalue weighted by Crippen LogP contribution is -2.34. The van der Waals surface area contributed by atoms with E-state index in [1.54, 1.807) is 7.05 Å². The predicted molar refractivity (Wildman–Crippen MR) is 60.4 cm³/mol. The van der Waals surface area contributed by atoms with Crippen LogP contribution in [-0.2, 0) is 0 Å². The third kappa shape index (κ3) is 2.43. The van der Waals surface area contributed by atoms with Gasteiger partial charge in [0.15, 0.2) is 0 Å². The first kappa shape index (κ1) is 12.3. The number of rotatable bonds is 3. The van der Waals surface area contributed by atoms with Crippen LogP contribution in [0, 0.1) is 0 Å². The fraction of sp³-hybridized carbons (Fsp3) is 0.364. The van der Waals surface area contributed by atoms with Crippen molar-refractivity contribution in [2.75, 3.05) is 7.05 Å². The third-order valence-corrected chi connectivity index (χ3v) is 2.25. The molecule has 4 N–H and O–H groups in total. The van der Waals surface area contributed by atoms with Crippen molar-refractivity contribution < 1.29 is 15.0 Å². The van der Waals surface area contributed by atoms with Gasteiger partial charge < -0.3 is 10.2 Å². The Balaban J connectivity index is 3.19. The van der Waals surface area contributed by atoms with Crippen molar-refractivity contribution in [2.24, 2.45) is 0 Å². The van der Waals surface area contributed by atoms with Crippen molar-refractivity contribution in [1.29, 1.82) is 0 Å². The molecule has 0 bridgehead atoms. The van der Waals surface area contributed by atoms with Gasteiger partial charge in [-0.3, -0.25) is 10.2 Å². The van der Waals surface area contributed by atoms with Gasteiger partial charge in [0, 0.05) is 13.1 Å². The van der Waals surface area contributed by atoms with Crippen molar-refractivity contribution in [1.82, 2.24) is 10.9 Å². The van der Waals surface area contributed by atoms with Crippen molar-refractivity contribution in [3.8, 4) is 11.5 Å². The van der Waals surface area contributed by atoms with E-state index in [4.69, 9.17) is 0 Å². The largest absolute Gasteiger partial charge is 0.508 e. The summed E-state index contributed by atoms with van der Waals surface area (Å²) in [5, 5.41) is 19.1. The van der Waals surface area contributed by atoms with Gasteiger partial charge in [0.25, 0.3) is 5.91 Å². The zero-order valence-electron chi connectivity index (χ0n) is 9.53. The number of carbonyl (C=O) groups excluding carboxylic acids is 1. The molecule has 0 spiro atoms. The molecular formula is C11H16N2O3. The van der Waals surface area contributed by atoms with E-state index < -0.39 is 5.91 Å². The van der Waals surface area contributed by atoms with Gasteiger partial charge in [-0.2, -0.15) is 0 Å². The van der Waals surface area contributed by atoms with Gasteiger partial charge in [0.2, 0.25) is 0 Å². The molecule has 1 aromatic carbocycles. The van der Waals surface area contributed by atoms with Crippen LogP contribution in [0.3, 0.4) is 0 Å². The average molecular weight is 224 g/mol. The molecule has 0 atom stereocenters. The first-order chi connectivity index (χ1) is 7.47. The van der Waals surface area contributed by atoms with Crippen LogP contribution in [0.4, 0.5) is 0 Å². The second kappa shape index (κ2) is 4.85. The summed E-state index contributed by atoms with van der Waals surface area (Å²) in [4.78, 5) is 11.5. The lowest BCUT2D eigenvalue weighted by atomic mass is 9.98. The van der Waals surface area contributed by atoms with E-state index in [9.17, 15) is 15.0 Å². The number of aromatic hydroxyl groups is 2. The molecule has 0 heterocycles. The van der Waals surface area contributed by atoms with E-state index in [1.807, 2.05) is 13.8 Å². The number of hydrazine groups is 1. The Labute approximate surface area is 94.1 Å². The summed E-state index contributed by atoms with van der Waals surface area (Å²) in [6.07, 6.45) is 0. The Kier molecular flexibility index (Phi) is 3.73. The molecular weight excluding hydrogens is 208 g/mol. The molecule has 1 amide bonds. The van der Waals surface area contributed by atoms with E-state index in [0.29, 0.717) is 5.56 Å². The molecule has 1 rings (SSSR count). The minimum absolute atomic E-state index is 0.00601. The first-order valence-corrected chi connectivity index (χ1v) is 5.00. The van der Waals surface area contributed by atoms with Gasteiger partial charge in [-0.1, -0.05) is 13.8 Å². The van der Waals surface area contributed by atoms with Gasteiger partial charge in [-0.15, -0.1) is 0 Å². The van der Waals surface area contributed by atoms with Crippen molar-refractivity contribution >= 4 is 5.91 Å². The van der Waals surface area contributed by atoms with Crippen LogP contribution in [0.25, 0.3) is 0 Å². The summed E-state index contributed by atoms with van der Waals surface area (Å²) in [6.45, 7) is 3.79. The Bertz CT molecular complexity index is 402. The average Bonchev–Trinajstić information content (AvgIpc) is 2.17. The van der Waals surface area contributed by atoms with Crippen LogP contribution in [0.2, 0.25) is 0 Å². The lowest BCUT2D eigenvalue weighted by Gasteiger charge is -2.12. The zero-order valence-corrected chi connectivity index (χ0v) is 9.53. The van der Waals surface area contributed by atoms with Crippen LogP contribution in [0.1, 0.15) is 35.7 Å². The standard InChI is InChI=1S/C11H16N2O3/c1-6(2)7-4-8(11(16)13-12-3)10(15)5-9(7)14/h4-6,12,14-15H,1-3H3,(H,13,16). The van der Waals surface area contributed by atoms with E-state index in [0.717, 1.165) is 0 Å². The third-order valence-electron chi connectivity index (χ3n) is 2.25. The van der Waals surface area contributed by atoms with Crippen LogP contribution in [-0.4, -0.2) is 23.2 Å². The molecule has 1 aromatic rings. The molecule has 5 heteroatoms. The van der Waals surface area contributed by atoms with Crippen LogP contribution in [0.5, 0.6) is 11.5 Å². The highest BCUT2D eigenvalue weighted by Gasteiger charge is 2.16. The van der Waals surface area contributed by atoms with Crippen LogP contribution in [0.15, 0.2) is 12.1 Å². The number of phenolic OH excluding ortho intramolecular Hbond substituents is 2. The SMILES string of the molecule is CNNC(=O)c1cc(C(C)C)c(O)cc1O. The van der Waals surface area contributed by atoms with Crippen LogP contribution < -0.4 is 10.9 Å². The molecule has 0 aliphatic rings. The maximum atomic E-state index is 11.5. The maximum absolute atomic E-state index is 11.5. The molecule has 0 fully saturated rings. The topological polar surface area (TPSA) is 81.6 Å². The minimum Gasteiger partial charge on any atom is -0.508 e. The summed E-state index contributed by atoms with van der Waals surface area (Å²) in [5.74, 6) is -0.619. The molecule has 16 heavy (non-hydrogen) atoms. The Hall–Kier alpha value is -1.75. The van der Waals surface area contributed by atoms with E-state index >= 15 is 0 Å². The Morgan fingerprint density at radius 3 is 2.38 bits per heavy atom. The van der Waals surface area contributed by atoms with Crippen molar-refractivity contribution in [3.05, 3.63) is 23.3 Å². The molecule has 0 saturated carbocycles. The first-order valence-electron chi connectivity index (χ1n) is 5.00. The number of phenols is 2. The second-order valence-corrected chi connectivity index (χ2v) is 3.79. The van der Waals surface area contributed by atoms with Crippen molar-refractivity contribution in [3.63, 3.8) is 0 Å². The summed E-state index contributed by atoms with van der Waals surface area (Å²) < 4.78 is 0. The number of hydrogen-bond acceptors (Lipinski definition) is 4. The van der Waals surface area contributed by atoms with Crippen LogP contribution >= 0.6 is 0 Å². The van der Waals surface area contributed by atoms with Gasteiger partial charge in [0.1, 0.15) is 11.5 Å². The summed E-state index contributed by atoms with van der Waals surface area (Å²) in [5.41, 5.74) is 5.60. The molecule has 0 radical (unpaired) electrons. The quantitative estimate of drug-likeness (QED) is 0.579. The van der Waals surface area contributed by atoms with E-state index in [-0.39, 0.29) is 23.0 Å². The highest BCUT2D eigenvalue weighted by Crippen LogP contribution is 2.31. The number of benzene rings is 1. The number of amides is 1. The monoisotopic (exact) mass is 224 g/mol. The molecule has 0 saturated heterocycles. The molecule has 5 nitrogen and oxygen atoms in total. The Morgan fingerprint density at radius 2 is 1.88 bits per heavy atom. The molecule has 0 unspecified atom stereocenters. The highest BCUT2D eigenvalue weighted by atomic mass is 16.3. The fourth-order valence-corrected chi connectivity index (χ4v) is 1.42. The minimum atomic E-state index is -0.443. The highest BCUT2D eigenvalue weighted by molar-refractivity contribution is 5.97. The Morgan fingerprint density at radius 1 is 1.25 bits per heavy atom. The number of carbonyl (C=O) groups is 1. The van der Waals surface area contributed by atoms with Gasteiger partial charge in [0.05, 0.1) is 5.56 Å². The van der Waals surface area contributed by atoms with E-state index in [2.05, 4.69) is 10.9 Å². The van der Waals surface area contributed by atoms with Gasteiger partial charge >= 0.3 is 0 Å². The van der Waals surface area contributed by atoms with Crippen molar-refractivity contribution in [2.45, 2.75) is 19.8 Å². The summed E-state index contributed by atoms with van der Waals surface area (Å²) in [7, 11) is 1.55. The normalized spacial score (nSPS) is 10.5. The number of nitrogens with one attached hydrogen (secondary N) is 2.